The van der Waals surface area contributed by atoms with Crippen molar-refractivity contribution in [2.45, 2.75) is 45.1 Å². The maximum atomic E-state index is 11.9. The van der Waals surface area contributed by atoms with Gasteiger partial charge in [-0.15, -0.1) is 0 Å². The smallest absolute Gasteiger partial charge is 0.255 e. The number of H-pyrrole nitrogens is 1. The van der Waals surface area contributed by atoms with Crippen LogP contribution in [0.1, 0.15) is 37.7 Å². The lowest BCUT2D eigenvalue weighted by atomic mass is 9.97. The van der Waals surface area contributed by atoms with Crippen molar-refractivity contribution < 1.29 is 4.74 Å². The first-order chi connectivity index (χ1) is 9.25. The second kappa shape index (κ2) is 5.08. The van der Waals surface area contributed by atoms with E-state index < -0.39 is 0 Å². The van der Waals surface area contributed by atoms with Gasteiger partial charge in [0.2, 0.25) is 0 Å². The molecule has 0 unspecified atom stereocenters. The molecule has 1 saturated carbocycles. The third kappa shape index (κ3) is 2.37. The Morgan fingerprint density at radius 3 is 2.79 bits per heavy atom. The Morgan fingerprint density at radius 1 is 1.21 bits per heavy atom. The van der Waals surface area contributed by atoms with Crippen LogP contribution < -0.4 is 10.3 Å². The molecule has 1 aliphatic rings. The summed E-state index contributed by atoms with van der Waals surface area (Å²) in [7, 11) is 0. The first kappa shape index (κ1) is 12.3. The van der Waals surface area contributed by atoms with E-state index in [0.29, 0.717) is 11.5 Å². The van der Waals surface area contributed by atoms with Crippen LogP contribution in [-0.4, -0.2) is 11.1 Å². The Hall–Kier alpha value is -1.77. The molecule has 1 heterocycles. The number of hydrogen-bond acceptors (Lipinski definition) is 2. The summed E-state index contributed by atoms with van der Waals surface area (Å²) in [4.78, 5) is 14.6. The number of nitrogens with one attached hydrogen (secondary N) is 1. The van der Waals surface area contributed by atoms with Crippen LogP contribution in [0, 0.1) is 6.92 Å². The number of benzene rings is 1. The average Bonchev–Trinajstić information content (AvgIpc) is 2.44. The quantitative estimate of drug-likeness (QED) is 0.894. The van der Waals surface area contributed by atoms with Crippen molar-refractivity contribution in [3.8, 4) is 5.75 Å². The first-order valence-electron chi connectivity index (χ1n) is 7.03. The summed E-state index contributed by atoms with van der Waals surface area (Å²) in [5.41, 5.74) is 1.01. The van der Waals surface area contributed by atoms with Crippen LogP contribution in [0.3, 0.4) is 0 Å². The number of aryl methyl sites for hydroxylation is 1. The van der Waals surface area contributed by atoms with E-state index in [-0.39, 0.29) is 5.56 Å². The van der Waals surface area contributed by atoms with Gasteiger partial charge in [0, 0.05) is 11.6 Å². The van der Waals surface area contributed by atoms with Crippen molar-refractivity contribution in [2.75, 3.05) is 0 Å². The molecule has 1 fully saturated rings. The van der Waals surface area contributed by atoms with Crippen LogP contribution >= 0.6 is 0 Å². The number of rotatable bonds is 2. The molecule has 0 saturated heterocycles. The molecule has 1 N–H and O–H groups in total. The third-order valence-electron chi connectivity index (χ3n) is 3.93. The van der Waals surface area contributed by atoms with Gasteiger partial charge in [0.25, 0.3) is 5.56 Å². The summed E-state index contributed by atoms with van der Waals surface area (Å²) in [6.07, 6.45) is 8.12. The highest BCUT2D eigenvalue weighted by molar-refractivity contribution is 5.90. The minimum absolute atomic E-state index is 0.0466. The van der Waals surface area contributed by atoms with Crippen LogP contribution in [0.5, 0.6) is 5.75 Å². The molecule has 0 spiro atoms. The number of fused-ring (bicyclic) bond motifs is 1. The Morgan fingerprint density at radius 2 is 2.00 bits per heavy atom. The van der Waals surface area contributed by atoms with Crippen molar-refractivity contribution in [1.29, 1.82) is 0 Å². The zero-order valence-corrected chi connectivity index (χ0v) is 11.2. The summed E-state index contributed by atoms with van der Waals surface area (Å²) in [5.74, 6) is 0.855. The van der Waals surface area contributed by atoms with Gasteiger partial charge < -0.3 is 9.72 Å². The maximum Gasteiger partial charge on any atom is 0.255 e. The third-order valence-corrected chi connectivity index (χ3v) is 3.93. The Kier molecular flexibility index (Phi) is 3.28. The molecule has 0 aliphatic heterocycles. The van der Waals surface area contributed by atoms with Crippen molar-refractivity contribution in [2.24, 2.45) is 0 Å². The lowest BCUT2D eigenvalue weighted by molar-refractivity contribution is 0.157. The van der Waals surface area contributed by atoms with Gasteiger partial charge in [0.05, 0.1) is 11.5 Å². The Balaban J connectivity index is 2.03. The highest BCUT2D eigenvalue weighted by atomic mass is 16.5. The summed E-state index contributed by atoms with van der Waals surface area (Å²) < 4.78 is 6.15. The summed E-state index contributed by atoms with van der Waals surface area (Å²) in [5, 5.41) is 1.67. The molecular formula is C16H19NO2. The number of aromatic amines is 1. The minimum atomic E-state index is -0.0466. The normalized spacial score (nSPS) is 16.7. The summed E-state index contributed by atoms with van der Waals surface area (Å²) >= 11 is 0. The van der Waals surface area contributed by atoms with E-state index in [1.165, 1.54) is 19.3 Å². The highest BCUT2D eigenvalue weighted by Gasteiger charge is 2.17. The van der Waals surface area contributed by atoms with E-state index in [1.807, 2.05) is 25.1 Å². The number of aromatic nitrogens is 1. The minimum Gasteiger partial charge on any atom is -0.490 e. The lowest BCUT2D eigenvalue weighted by Crippen LogP contribution is -2.20. The van der Waals surface area contributed by atoms with E-state index in [4.69, 9.17) is 4.74 Å². The molecule has 1 aliphatic carbocycles. The molecule has 0 amide bonds. The molecule has 0 atom stereocenters. The molecule has 3 nitrogen and oxygen atoms in total. The number of pyridine rings is 1. The van der Waals surface area contributed by atoms with Crippen molar-refractivity contribution in [3.63, 3.8) is 0 Å². The van der Waals surface area contributed by atoms with Gasteiger partial charge in [-0.1, -0.05) is 12.5 Å². The average molecular weight is 257 g/mol. The van der Waals surface area contributed by atoms with Crippen molar-refractivity contribution >= 4 is 10.8 Å². The van der Waals surface area contributed by atoms with Crippen molar-refractivity contribution in [1.82, 2.24) is 4.98 Å². The fraction of sp³-hybridized carbons (Fsp3) is 0.438. The molecular weight excluding hydrogens is 238 g/mol. The van der Waals surface area contributed by atoms with Gasteiger partial charge in [-0.05, 0) is 50.3 Å². The largest absolute Gasteiger partial charge is 0.490 e. The van der Waals surface area contributed by atoms with Gasteiger partial charge in [0.1, 0.15) is 5.75 Å². The predicted molar refractivity (Wildman–Crippen MR) is 76.8 cm³/mol. The number of ether oxygens (including phenoxy) is 1. The van der Waals surface area contributed by atoms with Crippen LogP contribution in [0.4, 0.5) is 0 Å². The molecule has 0 radical (unpaired) electrons. The second-order valence-corrected chi connectivity index (χ2v) is 5.36. The zero-order chi connectivity index (χ0) is 13.2. The maximum absolute atomic E-state index is 11.9. The summed E-state index contributed by atoms with van der Waals surface area (Å²) in [6, 6.07) is 5.73. The van der Waals surface area contributed by atoms with Crippen LogP contribution in [-0.2, 0) is 0 Å². The van der Waals surface area contributed by atoms with E-state index in [1.54, 1.807) is 6.20 Å². The second-order valence-electron chi connectivity index (χ2n) is 5.36. The number of hydrogen-bond donors (Lipinski definition) is 1. The van der Waals surface area contributed by atoms with E-state index in [0.717, 1.165) is 29.5 Å². The van der Waals surface area contributed by atoms with Crippen LogP contribution in [0.25, 0.3) is 10.8 Å². The predicted octanol–water partition coefficient (Wildman–Crippen LogP) is 3.55. The SMILES string of the molecule is Cc1c[nH]c(=O)c2cccc(OC3CCCCC3)c12. The van der Waals surface area contributed by atoms with Crippen LogP contribution in [0.15, 0.2) is 29.2 Å². The van der Waals surface area contributed by atoms with Gasteiger partial charge in [-0.25, -0.2) is 0 Å². The van der Waals surface area contributed by atoms with E-state index >= 15 is 0 Å². The summed E-state index contributed by atoms with van der Waals surface area (Å²) in [6.45, 7) is 2.01. The Labute approximate surface area is 112 Å². The van der Waals surface area contributed by atoms with Gasteiger partial charge in [-0.3, -0.25) is 4.79 Å². The van der Waals surface area contributed by atoms with E-state index in [2.05, 4.69) is 4.98 Å². The molecule has 2 aromatic rings. The van der Waals surface area contributed by atoms with Crippen LogP contribution in [0.2, 0.25) is 0 Å². The standard InChI is InChI=1S/C16H19NO2/c1-11-10-17-16(18)13-8-5-9-14(15(11)13)19-12-6-3-2-4-7-12/h5,8-10,12H,2-4,6-7H2,1H3,(H,17,18). The monoisotopic (exact) mass is 257 g/mol. The van der Waals surface area contributed by atoms with Gasteiger partial charge >= 0.3 is 0 Å². The molecule has 3 heteroatoms. The molecule has 100 valence electrons. The first-order valence-corrected chi connectivity index (χ1v) is 7.03. The van der Waals surface area contributed by atoms with Crippen molar-refractivity contribution in [3.05, 3.63) is 40.3 Å². The topological polar surface area (TPSA) is 42.1 Å². The van der Waals surface area contributed by atoms with E-state index in [9.17, 15) is 4.79 Å². The van der Waals surface area contributed by atoms with Gasteiger partial charge in [-0.2, -0.15) is 0 Å². The molecule has 0 bridgehead atoms. The fourth-order valence-electron chi connectivity index (χ4n) is 2.91. The fourth-order valence-corrected chi connectivity index (χ4v) is 2.91. The molecule has 19 heavy (non-hydrogen) atoms. The Bertz CT molecular complexity index is 639. The van der Waals surface area contributed by atoms with Gasteiger partial charge in [0.15, 0.2) is 0 Å². The molecule has 1 aromatic carbocycles. The molecule has 1 aromatic heterocycles. The lowest BCUT2D eigenvalue weighted by Gasteiger charge is -2.24. The highest BCUT2D eigenvalue weighted by Crippen LogP contribution is 2.30. The zero-order valence-electron chi connectivity index (χ0n) is 11.2. The molecule has 3 rings (SSSR count).